The second-order valence-corrected chi connectivity index (χ2v) is 11.5. The second kappa shape index (κ2) is 4.95. The first-order valence-corrected chi connectivity index (χ1v) is 10.9. The largest absolute Gasteiger partial charge is 0.387 e. The molecule has 0 amide bonds. The van der Waals surface area contributed by atoms with Crippen molar-refractivity contribution >= 4 is 23.4 Å². The van der Waals surface area contributed by atoms with E-state index in [0.717, 1.165) is 41.1 Å². The average molecular weight is 353 g/mol. The van der Waals surface area contributed by atoms with Gasteiger partial charge in [0.05, 0.1) is 6.10 Å². The first-order chi connectivity index (χ1) is 10.9. The lowest BCUT2D eigenvalue weighted by Crippen LogP contribution is -2.57. The Kier molecular flexibility index (Phi) is 3.35. The third kappa shape index (κ3) is 2.04. The molecule has 0 bridgehead atoms. The number of fused-ring (bicyclic) bond motifs is 6. The highest BCUT2D eigenvalue weighted by Gasteiger charge is 2.62. The minimum Gasteiger partial charge on any atom is -0.387 e. The van der Waals surface area contributed by atoms with E-state index in [2.05, 4.69) is 31.7 Å². The first-order valence-electron chi connectivity index (χ1n) is 9.62. The number of aliphatic hydroxyl groups is 1. The molecule has 0 radical (unpaired) electrons. The summed E-state index contributed by atoms with van der Waals surface area (Å²) in [4.78, 5) is 0. The standard InChI is InChI=1S/C20H29ClOS/c1-19-8-7-14-12(13(19)5-6-15(21)18(19)22)4-3-11-9-16-17(23-16)10-20(11,14)2/h6,11-14,16-18,22H,3-5,7-10H2,1-2H3/t11-,12-,13-,14-,16+,17-,18-,19-,20-/m0/s1. The number of rotatable bonds is 0. The summed E-state index contributed by atoms with van der Waals surface area (Å²) < 4.78 is 0. The van der Waals surface area contributed by atoms with E-state index in [1.807, 2.05) is 0 Å². The Morgan fingerprint density at radius 1 is 1.13 bits per heavy atom. The molecule has 0 aromatic rings. The summed E-state index contributed by atoms with van der Waals surface area (Å²) in [5.74, 6) is 3.31. The van der Waals surface area contributed by atoms with Crippen LogP contribution in [0.3, 0.4) is 0 Å². The SMILES string of the molecule is C[C@]12C[C@@H]3S[C@@H]3C[C@@H]1CC[C@@H]1[C@@H]2CC[C@]2(C)[C@@H](O)C(Cl)=CC[C@@H]12. The molecule has 5 aliphatic rings. The molecule has 3 saturated carbocycles. The normalized spacial score (nSPS) is 60.7. The van der Waals surface area contributed by atoms with Gasteiger partial charge in [0.15, 0.2) is 0 Å². The van der Waals surface area contributed by atoms with Gasteiger partial charge in [-0.1, -0.05) is 31.5 Å². The number of allylic oxidation sites excluding steroid dienone is 1. The zero-order chi connectivity index (χ0) is 16.0. The van der Waals surface area contributed by atoms with Gasteiger partial charge in [-0.25, -0.2) is 0 Å². The molecular weight excluding hydrogens is 324 g/mol. The lowest BCUT2D eigenvalue weighted by atomic mass is 9.43. The van der Waals surface area contributed by atoms with Crippen LogP contribution in [0.1, 0.15) is 58.8 Å². The first kappa shape index (κ1) is 15.6. The quantitative estimate of drug-likeness (QED) is 0.603. The highest BCUT2D eigenvalue weighted by Crippen LogP contribution is 2.69. The van der Waals surface area contributed by atoms with Crippen molar-refractivity contribution in [2.24, 2.45) is 34.5 Å². The summed E-state index contributed by atoms with van der Waals surface area (Å²) in [6.07, 6.45) is 11.1. The molecule has 4 aliphatic carbocycles. The molecule has 128 valence electrons. The fraction of sp³-hybridized carbons (Fsp3) is 0.900. The number of aliphatic hydroxyl groups excluding tert-OH is 1. The van der Waals surface area contributed by atoms with E-state index in [-0.39, 0.29) is 5.41 Å². The van der Waals surface area contributed by atoms with Crippen LogP contribution in [0, 0.1) is 34.5 Å². The molecule has 1 aliphatic heterocycles. The molecule has 0 aromatic heterocycles. The minimum absolute atomic E-state index is 0.0156. The molecule has 0 aromatic carbocycles. The fourth-order valence-electron chi connectivity index (χ4n) is 7.32. The Balaban J connectivity index is 1.48. The Labute approximate surface area is 149 Å². The zero-order valence-corrected chi connectivity index (χ0v) is 15.9. The summed E-state index contributed by atoms with van der Waals surface area (Å²) in [6.45, 7) is 4.95. The van der Waals surface area contributed by atoms with Gasteiger partial charge >= 0.3 is 0 Å². The summed E-state index contributed by atoms with van der Waals surface area (Å²) >= 11 is 8.58. The predicted molar refractivity (Wildman–Crippen MR) is 97.6 cm³/mol. The molecule has 23 heavy (non-hydrogen) atoms. The van der Waals surface area contributed by atoms with Crippen LogP contribution >= 0.6 is 23.4 Å². The average Bonchev–Trinajstić information content (AvgIpc) is 3.26. The second-order valence-electron chi connectivity index (χ2n) is 9.58. The Morgan fingerprint density at radius 3 is 2.78 bits per heavy atom. The maximum absolute atomic E-state index is 10.8. The van der Waals surface area contributed by atoms with Gasteiger partial charge in [-0.2, -0.15) is 11.8 Å². The van der Waals surface area contributed by atoms with Crippen molar-refractivity contribution in [1.29, 1.82) is 0 Å². The monoisotopic (exact) mass is 352 g/mol. The number of thioether (sulfide) groups is 1. The van der Waals surface area contributed by atoms with E-state index in [4.69, 9.17) is 11.6 Å². The van der Waals surface area contributed by atoms with Crippen molar-refractivity contribution in [2.45, 2.75) is 75.4 Å². The number of hydrogen-bond donors (Lipinski definition) is 1. The molecule has 0 spiro atoms. The van der Waals surface area contributed by atoms with Crippen molar-refractivity contribution < 1.29 is 5.11 Å². The lowest BCUT2D eigenvalue weighted by Gasteiger charge is -2.62. The van der Waals surface area contributed by atoms with Gasteiger partial charge in [0.1, 0.15) is 0 Å². The van der Waals surface area contributed by atoms with Gasteiger partial charge in [-0.05, 0) is 74.0 Å². The molecular formula is C20H29ClOS. The third-order valence-electron chi connectivity index (χ3n) is 8.80. The summed E-state index contributed by atoms with van der Waals surface area (Å²) in [7, 11) is 0. The number of halogens is 1. The van der Waals surface area contributed by atoms with Gasteiger partial charge in [0, 0.05) is 20.9 Å². The van der Waals surface area contributed by atoms with Crippen LogP contribution in [-0.4, -0.2) is 21.7 Å². The smallest absolute Gasteiger partial charge is 0.0948 e. The third-order valence-corrected chi connectivity index (χ3v) is 10.6. The van der Waals surface area contributed by atoms with Crippen LogP contribution in [0.15, 0.2) is 11.1 Å². The zero-order valence-electron chi connectivity index (χ0n) is 14.3. The van der Waals surface area contributed by atoms with E-state index >= 15 is 0 Å². The molecule has 9 atom stereocenters. The van der Waals surface area contributed by atoms with E-state index in [0.29, 0.717) is 16.4 Å². The van der Waals surface area contributed by atoms with E-state index in [1.54, 1.807) is 0 Å². The Morgan fingerprint density at radius 2 is 1.96 bits per heavy atom. The van der Waals surface area contributed by atoms with Crippen molar-refractivity contribution in [3.63, 3.8) is 0 Å². The molecule has 5 rings (SSSR count). The summed E-state index contributed by atoms with van der Waals surface area (Å²) in [6, 6.07) is 0. The van der Waals surface area contributed by atoms with Gasteiger partial charge < -0.3 is 5.11 Å². The van der Waals surface area contributed by atoms with Crippen LogP contribution in [0.2, 0.25) is 0 Å². The minimum atomic E-state index is -0.427. The van der Waals surface area contributed by atoms with Gasteiger partial charge in [-0.15, -0.1) is 0 Å². The fourth-order valence-corrected chi connectivity index (χ4v) is 9.02. The van der Waals surface area contributed by atoms with E-state index in [9.17, 15) is 5.11 Å². The van der Waals surface area contributed by atoms with Crippen LogP contribution in [-0.2, 0) is 0 Å². The highest BCUT2D eigenvalue weighted by atomic mass is 35.5. The van der Waals surface area contributed by atoms with Gasteiger partial charge in [0.25, 0.3) is 0 Å². The van der Waals surface area contributed by atoms with Crippen molar-refractivity contribution in [1.82, 2.24) is 0 Å². The van der Waals surface area contributed by atoms with E-state index in [1.165, 1.54) is 32.1 Å². The maximum atomic E-state index is 10.8. The van der Waals surface area contributed by atoms with Crippen LogP contribution < -0.4 is 0 Å². The molecule has 1 nitrogen and oxygen atoms in total. The van der Waals surface area contributed by atoms with Crippen LogP contribution in [0.4, 0.5) is 0 Å². The lowest BCUT2D eigenvalue weighted by molar-refractivity contribution is -0.134. The molecule has 3 heteroatoms. The van der Waals surface area contributed by atoms with Gasteiger partial charge in [-0.3, -0.25) is 0 Å². The van der Waals surface area contributed by atoms with E-state index < -0.39 is 6.10 Å². The molecule has 1 saturated heterocycles. The molecule has 0 unspecified atom stereocenters. The number of hydrogen-bond acceptors (Lipinski definition) is 2. The summed E-state index contributed by atoms with van der Waals surface area (Å²) in [5.41, 5.74) is 0.590. The van der Waals surface area contributed by atoms with Crippen LogP contribution in [0.5, 0.6) is 0 Å². The molecule has 1 N–H and O–H groups in total. The van der Waals surface area contributed by atoms with Crippen molar-refractivity contribution in [2.75, 3.05) is 0 Å². The molecule has 4 fully saturated rings. The van der Waals surface area contributed by atoms with Crippen molar-refractivity contribution in [3.8, 4) is 0 Å². The topological polar surface area (TPSA) is 20.2 Å². The van der Waals surface area contributed by atoms with Crippen molar-refractivity contribution in [3.05, 3.63) is 11.1 Å². The molecule has 1 heterocycles. The van der Waals surface area contributed by atoms with Crippen LogP contribution in [0.25, 0.3) is 0 Å². The highest BCUT2D eigenvalue weighted by molar-refractivity contribution is 8.07. The Bertz CT molecular complexity index is 562. The predicted octanol–water partition coefficient (Wildman–Crippen LogP) is 5.22. The Hall–Kier alpha value is 0.340. The summed E-state index contributed by atoms with van der Waals surface area (Å²) in [5, 5.41) is 13.5. The maximum Gasteiger partial charge on any atom is 0.0948 e. The van der Waals surface area contributed by atoms with Gasteiger partial charge in [0.2, 0.25) is 0 Å².